The minimum atomic E-state index is -3.43. The summed E-state index contributed by atoms with van der Waals surface area (Å²) in [6.07, 6.45) is 3.72. The third-order valence-electron chi connectivity index (χ3n) is 4.49. The van der Waals surface area contributed by atoms with Crippen molar-refractivity contribution in [2.45, 2.75) is 51.0 Å². The van der Waals surface area contributed by atoms with Gasteiger partial charge in [-0.2, -0.15) is 0 Å². The summed E-state index contributed by atoms with van der Waals surface area (Å²) >= 11 is 0. The number of benzene rings is 1. The number of hydrogen-bond donors (Lipinski definition) is 1. The quantitative estimate of drug-likeness (QED) is 0.875. The Labute approximate surface area is 135 Å². The molecule has 1 N–H and O–H groups in total. The molecule has 0 radical (unpaired) electrons. The van der Waals surface area contributed by atoms with Gasteiger partial charge in [-0.25, -0.2) is 13.1 Å². The summed E-state index contributed by atoms with van der Waals surface area (Å²) in [5.41, 5.74) is 0.786. The zero-order chi connectivity index (χ0) is 16.2. The molecule has 2 rings (SSSR count). The van der Waals surface area contributed by atoms with Gasteiger partial charge in [-0.05, 0) is 50.4 Å². The lowest BCUT2D eigenvalue weighted by Gasteiger charge is -2.37. The fraction of sp³-hybridized carbons (Fsp3) is 0.647. The van der Waals surface area contributed by atoms with E-state index in [1.165, 1.54) is 19.3 Å². The third-order valence-corrected chi connectivity index (χ3v) is 6.08. The molecule has 0 amide bonds. The average Bonchev–Trinajstić information content (AvgIpc) is 2.48. The van der Waals surface area contributed by atoms with Gasteiger partial charge in [0.05, 0.1) is 4.90 Å². The highest BCUT2D eigenvalue weighted by Gasteiger charge is 2.26. The van der Waals surface area contributed by atoms with Gasteiger partial charge in [0.25, 0.3) is 0 Å². The SMILES string of the molecule is Cc1ccccc1S(=O)(=O)NCC(C(C)C)N1CCCCC1. The summed E-state index contributed by atoms with van der Waals surface area (Å²) in [7, 11) is -3.43. The number of rotatable bonds is 6. The highest BCUT2D eigenvalue weighted by atomic mass is 32.2. The molecule has 1 unspecified atom stereocenters. The number of hydrogen-bond acceptors (Lipinski definition) is 3. The molecule has 1 aliphatic heterocycles. The largest absolute Gasteiger partial charge is 0.299 e. The van der Waals surface area contributed by atoms with E-state index in [0.29, 0.717) is 17.4 Å². The van der Waals surface area contributed by atoms with Crippen molar-refractivity contribution >= 4 is 10.0 Å². The van der Waals surface area contributed by atoms with E-state index >= 15 is 0 Å². The van der Waals surface area contributed by atoms with Gasteiger partial charge in [-0.3, -0.25) is 4.90 Å². The molecule has 1 saturated heterocycles. The molecule has 124 valence electrons. The van der Waals surface area contributed by atoms with Crippen LogP contribution in [0, 0.1) is 12.8 Å². The van der Waals surface area contributed by atoms with Gasteiger partial charge >= 0.3 is 0 Å². The Morgan fingerprint density at radius 3 is 2.36 bits per heavy atom. The van der Waals surface area contributed by atoms with Crippen molar-refractivity contribution in [1.82, 2.24) is 9.62 Å². The summed E-state index contributed by atoms with van der Waals surface area (Å²) in [5, 5.41) is 0. The van der Waals surface area contributed by atoms with Crippen LogP contribution < -0.4 is 4.72 Å². The van der Waals surface area contributed by atoms with E-state index in [1.807, 2.05) is 19.1 Å². The monoisotopic (exact) mass is 324 g/mol. The van der Waals surface area contributed by atoms with Gasteiger partial charge in [0, 0.05) is 12.6 Å². The summed E-state index contributed by atoms with van der Waals surface area (Å²) < 4.78 is 27.9. The lowest BCUT2D eigenvalue weighted by molar-refractivity contribution is 0.130. The maximum Gasteiger partial charge on any atom is 0.240 e. The zero-order valence-electron chi connectivity index (χ0n) is 13.9. The van der Waals surface area contributed by atoms with Crippen molar-refractivity contribution in [3.05, 3.63) is 29.8 Å². The van der Waals surface area contributed by atoms with Gasteiger partial charge in [-0.15, -0.1) is 0 Å². The molecule has 1 atom stereocenters. The molecule has 0 spiro atoms. The Balaban J connectivity index is 2.07. The maximum atomic E-state index is 12.5. The van der Waals surface area contributed by atoms with Crippen molar-refractivity contribution in [2.75, 3.05) is 19.6 Å². The number of nitrogens with zero attached hydrogens (tertiary/aromatic N) is 1. The molecule has 1 heterocycles. The van der Waals surface area contributed by atoms with Gasteiger partial charge in [-0.1, -0.05) is 38.5 Å². The van der Waals surface area contributed by atoms with E-state index in [2.05, 4.69) is 23.5 Å². The predicted molar refractivity (Wildman–Crippen MR) is 90.4 cm³/mol. The van der Waals surface area contributed by atoms with Gasteiger partial charge in [0.1, 0.15) is 0 Å². The summed E-state index contributed by atoms with van der Waals surface area (Å²) in [6, 6.07) is 7.40. The molecule has 22 heavy (non-hydrogen) atoms. The first-order valence-corrected chi connectivity index (χ1v) is 9.69. The molecule has 0 bridgehead atoms. The van der Waals surface area contributed by atoms with Crippen molar-refractivity contribution in [1.29, 1.82) is 0 Å². The van der Waals surface area contributed by atoms with E-state index < -0.39 is 10.0 Å². The molecule has 1 fully saturated rings. The first-order valence-electron chi connectivity index (χ1n) is 8.21. The Hall–Kier alpha value is -0.910. The van der Waals surface area contributed by atoms with E-state index in [0.717, 1.165) is 18.7 Å². The molecular formula is C17H28N2O2S. The number of piperidine rings is 1. The average molecular weight is 324 g/mol. The number of aryl methyl sites for hydroxylation is 1. The second-order valence-electron chi connectivity index (χ2n) is 6.53. The summed E-state index contributed by atoms with van der Waals surface area (Å²) in [4.78, 5) is 2.82. The zero-order valence-corrected chi connectivity index (χ0v) is 14.7. The van der Waals surface area contributed by atoms with Crippen LogP contribution in [0.3, 0.4) is 0 Å². The van der Waals surface area contributed by atoms with Gasteiger partial charge in [0.15, 0.2) is 0 Å². The van der Waals surface area contributed by atoms with Crippen LogP contribution in [0.2, 0.25) is 0 Å². The number of nitrogens with one attached hydrogen (secondary N) is 1. The minimum absolute atomic E-state index is 0.263. The highest BCUT2D eigenvalue weighted by Crippen LogP contribution is 2.19. The highest BCUT2D eigenvalue weighted by molar-refractivity contribution is 7.89. The fourth-order valence-electron chi connectivity index (χ4n) is 3.17. The standard InChI is InChI=1S/C17H28N2O2S/c1-14(2)16(19-11-7-4-8-12-19)13-18-22(20,21)17-10-6-5-9-15(17)3/h5-6,9-10,14,16,18H,4,7-8,11-13H2,1-3H3. The lowest BCUT2D eigenvalue weighted by Crippen LogP contribution is -2.48. The summed E-state index contributed by atoms with van der Waals surface area (Å²) in [5.74, 6) is 0.428. The van der Waals surface area contributed by atoms with Crippen molar-refractivity contribution in [2.24, 2.45) is 5.92 Å². The molecule has 1 aromatic rings. The third kappa shape index (κ3) is 4.31. The second kappa shape index (κ2) is 7.57. The molecule has 1 aromatic carbocycles. The van der Waals surface area contributed by atoms with Crippen LogP contribution in [0.25, 0.3) is 0 Å². The Bertz CT molecular complexity index is 578. The van der Waals surface area contributed by atoms with Crippen LogP contribution in [0.1, 0.15) is 38.7 Å². The topological polar surface area (TPSA) is 49.4 Å². The molecular weight excluding hydrogens is 296 g/mol. The smallest absolute Gasteiger partial charge is 0.240 e. The van der Waals surface area contributed by atoms with E-state index in [1.54, 1.807) is 12.1 Å². The normalized spacial score (nSPS) is 18.5. The number of sulfonamides is 1. The van der Waals surface area contributed by atoms with Crippen LogP contribution in [0.4, 0.5) is 0 Å². The molecule has 1 aliphatic rings. The van der Waals surface area contributed by atoms with Crippen LogP contribution in [0.15, 0.2) is 29.2 Å². The Morgan fingerprint density at radius 1 is 1.14 bits per heavy atom. The maximum absolute atomic E-state index is 12.5. The molecule has 0 aromatic heterocycles. The molecule has 4 nitrogen and oxygen atoms in total. The van der Waals surface area contributed by atoms with Gasteiger partial charge in [0.2, 0.25) is 10.0 Å². The van der Waals surface area contributed by atoms with E-state index in [-0.39, 0.29) is 6.04 Å². The van der Waals surface area contributed by atoms with Crippen molar-refractivity contribution in [3.63, 3.8) is 0 Å². The Morgan fingerprint density at radius 2 is 1.77 bits per heavy atom. The van der Waals surface area contributed by atoms with Crippen LogP contribution in [-0.2, 0) is 10.0 Å². The first kappa shape index (κ1) is 17.4. The lowest BCUT2D eigenvalue weighted by atomic mass is 9.99. The minimum Gasteiger partial charge on any atom is -0.299 e. The predicted octanol–water partition coefficient (Wildman–Crippen LogP) is 2.78. The van der Waals surface area contributed by atoms with E-state index in [4.69, 9.17) is 0 Å². The fourth-order valence-corrected chi connectivity index (χ4v) is 4.46. The number of likely N-dealkylation sites (tertiary alicyclic amines) is 1. The first-order chi connectivity index (χ1) is 10.4. The van der Waals surface area contributed by atoms with Crippen LogP contribution in [-0.4, -0.2) is 39.0 Å². The molecule has 0 aliphatic carbocycles. The molecule has 5 heteroatoms. The molecule has 0 saturated carbocycles. The van der Waals surface area contributed by atoms with E-state index in [9.17, 15) is 8.42 Å². The van der Waals surface area contributed by atoms with Crippen LogP contribution in [0.5, 0.6) is 0 Å². The van der Waals surface area contributed by atoms with Crippen molar-refractivity contribution < 1.29 is 8.42 Å². The Kier molecular flexibility index (Phi) is 6.01. The van der Waals surface area contributed by atoms with Gasteiger partial charge < -0.3 is 0 Å². The van der Waals surface area contributed by atoms with Crippen molar-refractivity contribution in [3.8, 4) is 0 Å². The summed E-state index contributed by atoms with van der Waals surface area (Å²) in [6.45, 7) is 8.81. The second-order valence-corrected chi connectivity index (χ2v) is 8.26. The van der Waals surface area contributed by atoms with Crippen LogP contribution >= 0.6 is 0 Å².